The largest absolute Gasteiger partial charge is 0.493 e. The Hall–Kier alpha value is -2.54. The van der Waals surface area contributed by atoms with E-state index in [9.17, 15) is 0 Å². The number of fused-ring (bicyclic) bond motifs is 1. The Kier molecular flexibility index (Phi) is 6.08. The van der Waals surface area contributed by atoms with Gasteiger partial charge < -0.3 is 28.6 Å². The zero-order valence-corrected chi connectivity index (χ0v) is 19.7. The van der Waals surface area contributed by atoms with Crippen LogP contribution >= 0.6 is 0 Å². The van der Waals surface area contributed by atoms with Gasteiger partial charge in [0.25, 0.3) is 0 Å². The summed E-state index contributed by atoms with van der Waals surface area (Å²) in [5, 5.41) is 0. The molecule has 0 saturated carbocycles. The first-order valence-corrected chi connectivity index (χ1v) is 11.7. The van der Waals surface area contributed by atoms with E-state index in [1.54, 1.807) is 14.2 Å². The van der Waals surface area contributed by atoms with Gasteiger partial charge in [-0.05, 0) is 42.2 Å². The van der Waals surface area contributed by atoms with Gasteiger partial charge in [0.05, 0.1) is 34.0 Å². The molecule has 1 spiro atoms. The fourth-order valence-electron chi connectivity index (χ4n) is 5.47. The summed E-state index contributed by atoms with van der Waals surface area (Å²) in [6.07, 6.45) is 4.98. The lowest BCUT2D eigenvalue weighted by Crippen LogP contribution is -2.41. The van der Waals surface area contributed by atoms with Gasteiger partial charge in [-0.2, -0.15) is 0 Å². The summed E-state index contributed by atoms with van der Waals surface area (Å²) in [6, 6.07) is 16.5. The molecule has 0 amide bonds. The minimum Gasteiger partial charge on any atom is -0.493 e. The van der Waals surface area contributed by atoms with Crippen molar-refractivity contribution in [3.05, 3.63) is 71.4 Å². The topological polar surface area (TPSA) is 49.4 Å². The van der Waals surface area contributed by atoms with Gasteiger partial charge in [-0.15, -0.1) is 0 Å². The van der Waals surface area contributed by atoms with E-state index in [2.05, 4.69) is 42.3 Å². The Morgan fingerprint density at radius 3 is 2.61 bits per heavy atom. The third kappa shape index (κ3) is 4.12. The lowest BCUT2D eigenvalue weighted by atomic mass is 9.69. The van der Waals surface area contributed by atoms with Crippen molar-refractivity contribution in [2.75, 3.05) is 41.0 Å². The Morgan fingerprint density at radius 1 is 1.00 bits per heavy atom. The minimum absolute atomic E-state index is 0.0613. The summed E-state index contributed by atoms with van der Waals surface area (Å²) < 4.78 is 29.7. The molecule has 2 heterocycles. The van der Waals surface area contributed by atoms with Gasteiger partial charge in [0, 0.05) is 31.1 Å². The van der Waals surface area contributed by atoms with E-state index in [-0.39, 0.29) is 11.5 Å². The molecule has 2 saturated heterocycles. The van der Waals surface area contributed by atoms with Crippen LogP contribution in [0.2, 0.25) is 0 Å². The maximum atomic E-state index is 6.45. The van der Waals surface area contributed by atoms with Crippen LogP contribution in [0.5, 0.6) is 11.5 Å². The van der Waals surface area contributed by atoms with Gasteiger partial charge >= 0.3 is 0 Å². The molecule has 33 heavy (non-hydrogen) atoms. The molecule has 2 aliphatic heterocycles. The summed E-state index contributed by atoms with van der Waals surface area (Å²) in [5.41, 5.74) is 3.63. The van der Waals surface area contributed by atoms with E-state index in [4.69, 9.17) is 23.7 Å². The number of methoxy groups -OCH3 is 2. The molecule has 176 valence electrons. The Bertz CT molecular complexity index is 1010. The lowest BCUT2D eigenvalue weighted by molar-refractivity contribution is -0.149. The fourth-order valence-corrected chi connectivity index (χ4v) is 5.47. The first-order chi connectivity index (χ1) is 16.1. The Labute approximate surface area is 196 Å². The molecule has 2 aromatic rings. The number of allylic oxidation sites excluding steroid dienone is 1. The smallest absolute Gasteiger partial charge is 0.190 e. The molecule has 2 unspecified atom stereocenters. The Morgan fingerprint density at radius 2 is 1.82 bits per heavy atom. The highest BCUT2D eigenvalue weighted by molar-refractivity contribution is 5.50. The van der Waals surface area contributed by atoms with Crippen molar-refractivity contribution < 1.29 is 23.7 Å². The van der Waals surface area contributed by atoms with Gasteiger partial charge in [-0.1, -0.05) is 36.4 Å². The average Bonchev–Trinajstić information content (AvgIpc) is 3.41. The summed E-state index contributed by atoms with van der Waals surface area (Å²) in [6.45, 7) is 2.65. The number of hydrogen-bond donors (Lipinski definition) is 0. The van der Waals surface area contributed by atoms with Gasteiger partial charge in [-0.25, -0.2) is 0 Å². The van der Waals surface area contributed by atoms with E-state index >= 15 is 0 Å². The Balaban J connectivity index is 1.32. The van der Waals surface area contributed by atoms with E-state index in [0.29, 0.717) is 19.8 Å². The predicted octanol–water partition coefficient (Wildman–Crippen LogP) is 4.28. The molecular weight excluding hydrogens is 418 g/mol. The van der Waals surface area contributed by atoms with Crippen molar-refractivity contribution in [3.8, 4) is 11.5 Å². The molecular formula is C27H33NO5. The first kappa shape index (κ1) is 22.3. The maximum Gasteiger partial charge on any atom is 0.190 e. The normalized spacial score (nSPS) is 28.6. The SMILES string of the molecule is COc1ccc([C@]23CCN(C)C2=CC2(CC3)OCC(COCc3ccccc3)O2)cc1OC. The number of likely N-dealkylation sites (tertiary alicyclic amines) is 1. The van der Waals surface area contributed by atoms with Crippen molar-refractivity contribution >= 4 is 0 Å². The van der Waals surface area contributed by atoms with Crippen molar-refractivity contribution in [3.63, 3.8) is 0 Å². The van der Waals surface area contributed by atoms with Gasteiger partial charge in [0.1, 0.15) is 6.10 Å². The van der Waals surface area contributed by atoms with E-state index < -0.39 is 5.79 Å². The molecule has 6 heteroatoms. The van der Waals surface area contributed by atoms with Crippen LogP contribution in [-0.4, -0.2) is 57.8 Å². The highest BCUT2D eigenvalue weighted by Crippen LogP contribution is 2.53. The number of rotatable bonds is 7. The predicted molar refractivity (Wildman–Crippen MR) is 125 cm³/mol. The molecule has 0 N–H and O–H groups in total. The molecule has 0 bridgehead atoms. The van der Waals surface area contributed by atoms with E-state index in [1.165, 1.54) is 11.3 Å². The number of likely N-dealkylation sites (N-methyl/N-ethyl adjacent to an activating group) is 1. The summed E-state index contributed by atoms with van der Waals surface area (Å²) in [4.78, 5) is 2.34. The first-order valence-electron chi connectivity index (χ1n) is 11.7. The number of nitrogens with zero attached hydrogens (tertiary/aromatic N) is 1. The van der Waals surface area contributed by atoms with Crippen LogP contribution in [-0.2, 0) is 26.2 Å². The zero-order chi connectivity index (χ0) is 22.9. The zero-order valence-electron chi connectivity index (χ0n) is 19.7. The number of hydrogen-bond acceptors (Lipinski definition) is 6. The van der Waals surface area contributed by atoms with Crippen LogP contribution in [0, 0.1) is 0 Å². The van der Waals surface area contributed by atoms with Crippen molar-refractivity contribution in [2.24, 2.45) is 0 Å². The lowest BCUT2D eigenvalue weighted by Gasteiger charge is -2.41. The number of benzene rings is 2. The summed E-state index contributed by atoms with van der Waals surface area (Å²) in [5.74, 6) is 0.847. The van der Waals surface area contributed by atoms with Crippen molar-refractivity contribution in [1.29, 1.82) is 0 Å². The van der Waals surface area contributed by atoms with Crippen LogP contribution in [0.15, 0.2) is 60.3 Å². The average molecular weight is 452 g/mol. The highest BCUT2D eigenvalue weighted by Gasteiger charge is 2.52. The van der Waals surface area contributed by atoms with Crippen LogP contribution in [0.4, 0.5) is 0 Å². The number of ether oxygens (including phenoxy) is 5. The third-order valence-corrected chi connectivity index (χ3v) is 7.26. The molecule has 1 aliphatic carbocycles. The second-order valence-corrected chi connectivity index (χ2v) is 9.22. The highest BCUT2D eigenvalue weighted by atomic mass is 16.7. The molecule has 3 aliphatic rings. The second-order valence-electron chi connectivity index (χ2n) is 9.22. The fraction of sp³-hybridized carbons (Fsp3) is 0.481. The summed E-state index contributed by atoms with van der Waals surface area (Å²) >= 11 is 0. The summed E-state index contributed by atoms with van der Waals surface area (Å²) in [7, 11) is 5.51. The maximum absolute atomic E-state index is 6.45. The van der Waals surface area contributed by atoms with Crippen molar-refractivity contribution in [1.82, 2.24) is 4.90 Å². The third-order valence-electron chi connectivity index (χ3n) is 7.26. The molecule has 2 aromatic carbocycles. The molecule has 5 rings (SSSR count). The van der Waals surface area contributed by atoms with E-state index in [1.807, 2.05) is 24.3 Å². The second kappa shape index (κ2) is 9.01. The molecule has 0 aromatic heterocycles. The van der Waals surface area contributed by atoms with Gasteiger partial charge in [0.15, 0.2) is 17.3 Å². The molecule has 2 fully saturated rings. The van der Waals surface area contributed by atoms with Crippen LogP contribution in [0.1, 0.15) is 30.4 Å². The van der Waals surface area contributed by atoms with Gasteiger partial charge in [0.2, 0.25) is 0 Å². The quantitative estimate of drug-likeness (QED) is 0.626. The molecule has 6 nitrogen and oxygen atoms in total. The monoisotopic (exact) mass is 451 g/mol. The van der Waals surface area contributed by atoms with Crippen LogP contribution < -0.4 is 9.47 Å². The van der Waals surface area contributed by atoms with Crippen molar-refractivity contribution in [2.45, 2.75) is 43.2 Å². The van der Waals surface area contributed by atoms with Crippen LogP contribution in [0.25, 0.3) is 0 Å². The molecule has 0 radical (unpaired) electrons. The van der Waals surface area contributed by atoms with E-state index in [0.717, 1.165) is 42.9 Å². The van der Waals surface area contributed by atoms with Crippen LogP contribution in [0.3, 0.4) is 0 Å². The minimum atomic E-state index is -0.672. The standard InChI is InChI=1S/C27H33NO5/c1-28-14-13-26(21-9-10-23(29-2)24(15-21)30-3)11-12-27(16-25(26)28)32-19-22(33-27)18-31-17-20-7-5-4-6-8-20/h4-10,15-16,22H,11-14,17-19H2,1-3H3/t22?,26-,27?/m0/s1. The van der Waals surface area contributed by atoms with Gasteiger partial charge in [-0.3, -0.25) is 0 Å². The molecule has 3 atom stereocenters.